The average Bonchev–Trinajstić information content (AvgIpc) is 3.27. The summed E-state index contributed by atoms with van der Waals surface area (Å²) in [7, 11) is 0. The van der Waals surface area contributed by atoms with Crippen molar-refractivity contribution in [2.24, 2.45) is 0 Å². The smallest absolute Gasteiger partial charge is 0.306 e. The van der Waals surface area contributed by atoms with Gasteiger partial charge in [-0.25, -0.2) is 0 Å². The summed E-state index contributed by atoms with van der Waals surface area (Å²) in [6, 6.07) is 0. The van der Waals surface area contributed by atoms with Crippen molar-refractivity contribution >= 4 is 5.97 Å². The van der Waals surface area contributed by atoms with Crippen LogP contribution in [0.4, 0.5) is 0 Å². The van der Waals surface area contributed by atoms with Gasteiger partial charge in [0.25, 0.3) is 0 Å². The highest BCUT2D eigenvalue weighted by Crippen LogP contribution is 2.14. The average molecular weight is 843 g/mol. The molecule has 0 aliphatic rings. The summed E-state index contributed by atoms with van der Waals surface area (Å²) < 4.78 is 11.2. The number of rotatable bonds is 45. The molecule has 346 valence electrons. The third-order valence-corrected chi connectivity index (χ3v) is 10.3. The van der Waals surface area contributed by atoms with E-state index in [0.29, 0.717) is 13.0 Å². The first-order valence-electron chi connectivity index (χ1n) is 25.1. The lowest BCUT2D eigenvalue weighted by molar-refractivity contribution is -0.154. The van der Waals surface area contributed by atoms with Gasteiger partial charge in [0.1, 0.15) is 6.10 Å². The second kappa shape index (κ2) is 52.9. The van der Waals surface area contributed by atoms with Crippen LogP contribution in [-0.2, 0) is 14.3 Å². The van der Waals surface area contributed by atoms with Crippen LogP contribution in [-0.4, -0.2) is 37.0 Å². The van der Waals surface area contributed by atoms with Gasteiger partial charge in [-0.2, -0.15) is 0 Å². The highest BCUT2D eigenvalue weighted by atomic mass is 16.6. The molecule has 1 unspecified atom stereocenters. The van der Waals surface area contributed by atoms with Crippen molar-refractivity contribution in [1.82, 2.24) is 0 Å². The Bertz CT molecular complexity index is 1210. The fourth-order valence-corrected chi connectivity index (χ4v) is 6.62. The Morgan fingerprint density at radius 1 is 0.393 bits per heavy atom. The summed E-state index contributed by atoms with van der Waals surface area (Å²) in [5.41, 5.74) is 0. The lowest BCUT2D eigenvalue weighted by atomic mass is 10.0. The van der Waals surface area contributed by atoms with Crippen LogP contribution in [0.2, 0.25) is 0 Å². The van der Waals surface area contributed by atoms with Crippen LogP contribution < -0.4 is 0 Å². The summed E-state index contributed by atoms with van der Waals surface area (Å²) >= 11 is 0. The predicted octanol–water partition coefficient (Wildman–Crippen LogP) is 17.2. The Labute approximate surface area is 377 Å². The van der Waals surface area contributed by atoms with E-state index in [9.17, 15) is 9.90 Å². The topological polar surface area (TPSA) is 55.8 Å². The van der Waals surface area contributed by atoms with Crippen molar-refractivity contribution in [2.45, 2.75) is 213 Å². The van der Waals surface area contributed by atoms with E-state index in [2.05, 4.69) is 135 Å². The third kappa shape index (κ3) is 51.0. The summed E-state index contributed by atoms with van der Waals surface area (Å²) in [6.07, 6.45) is 78.5. The molecule has 0 rings (SSSR count). The number of aliphatic hydroxyl groups is 1. The monoisotopic (exact) mass is 843 g/mol. The molecule has 1 N–H and O–H groups in total. The molecule has 0 aliphatic heterocycles. The van der Waals surface area contributed by atoms with Gasteiger partial charge in [-0.1, -0.05) is 219 Å². The van der Waals surface area contributed by atoms with Gasteiger partial charge in [-0.15, -0.1) is 0 Å². The SMILES string of the molecule is CC/C=C\C/C=C\C/C=C\C/C=C\C/C=C\C/C=C\CCCCCCC(=O)OC(CO)COCCCCCCCCCCCCCCC/C=C\C/C=C\C/C=C\C/C=C\CC. The van der Waals surface area contributed by atoms with Gasteiger partial charge < -0.3 is 14.6 Å². The first-order chi connectivity index (χ1) is 30.2. The molecular formula is C57H94O4. The van der Waals surface area contributed by atoms with Gasteiger partial charge >= 0.3 is 5.97 Å². The normalized spacial score (nSPS) is 13.4. The van der Waals surface area contributed by atoms with Crippen LogP contribution in [0.5, 0.6) is 0 Å². The zero-order valence-corrected chi connectivity index (χ0v) is 39.6. The van der Waals surface area contributed by atoms with Gasteiger partial charge in [-0.05, 0) is 103 Å². The molecule has 0 radical (unpaired) electrons. The molecule has 0 aromatic rings. The molecular weight excluding hydrogens is 749 g/mol. The Kier molecular flexibility index (Phi) is 50.1. The zero-order chi connectivity index (χ0) is 44.0. The highest BCUT2D eigenvalue weighted by molar-refractivity contribution is 5.69. The van der Waals surface area contributed by atoms with E-state index in [4.69, 9.17) is 9.47 Å². The minimum Gasteiger partial charge on any atom is -0.457 e. The maximum Gasteiger partial charge on any atom is 0.306 e. The maximum atomic E-state index is 12.3. The first-order valence-corrected chi connectivity index (χ1v) is 25.1. The molecule has 0 fully saturated rings. The molecule has 0 aromatic carbocycles. The molecule has 0 saturated heterocycles. The molecule has 0 bridgehead atoms. The summed E-state index contributed by atoms with van der Waals surface area (Å²) in [6.45, 7) is 5.08. The first kappa shape index (κ1) is 57.8. The number of hydrogen-bond donors (Lipinski definition) is 1. The Hall–Kier alpha value is -3.21. The van der Waals surface area contributed by atoms with Crippen LogP contribution in [0.25, 0.3) is 0 Å². The predicted molar refractivity (Wildman–Crippen MR) is 269 cm³/mol. The fourth-order valence-electron chi connectivity index (χ4n) is 6.62. The number of allylic oxidation sites excluding steroid dienone is 20. The van der Waals surface area contributed by atoms with Gasteiger partial charge in [0.15, 0.2) is 0 Å². The summed E-state index contributed by atoms with van der Waals surface area (Å²) in [5, 5.41) is 9.65. The number of ether oxygens (including phenoxy) is 2. The van der Waals surface area contributed by atoms with Crippen molar-refractivity contribution in [1.29, 1.82) is 0 Å². The van der Waals surface area contributed by atoms with Crippen molar-refractivity contribution in [3.05, 3.63) is 122 Å². The van der Waals surface area contributed by atoms with Crippen LogP contribution in [0.3, 0.4) is 0 Å². The quantitative estimate of drug-likeness (QED) is 0.0377. The van der Waals surface area contributed by atoms with Crippen molar-refractivity contribution in [2.75, 3.05) is 19.8 Å². The number of carbonyl (C=O) groups is 1. The number of esters is 1. The molecule has 1 atom stereocenters. The highest BCUT2D eigenvalue weighted by Gasteiger charge is 2.13. The van der Waals surface area contributed by atoms with E-state index < -0.39 is 6.10 Å². The number of hydrogen-bond acceptors (Lipinski definition) is 4. The van der Waals surface area contributed by atoms with Crippen molar-refractivity contribution in [3.8, 4) is 0 Å². The van der Waals surface area contributed by atoms with Gasteiger partial charge in [0.05, 0.1) is 13.2 Å². The molecule has 0 aliphatic carbocycles. The lowest BCUT2D eigenvalue weighted by Gasteiger charge is -2.15. The Morgan fingerprint density at radius 2 is 0.689 bits per heavy atom. The number of unbranched alkanes of at least 4 members (excludes halogenated alkanes) is 17. The largest absolute Gasteiger partial charge is 0.457 e. The minimum atomic E-state index is -0.559. The van der Waals surface area contributed by atoms with Crippen molar-refractivity contribution in [3.63, 3.8) is 0 Å². The Morgan fingerprint density at radius 3 is 1.03 bits per heavy atom. The lowest BCUT2D eigenvalue weighted by Crippen LogP contribution is -2.27. The molecule has 0 heterocycles. The number of carbonyl (C=O) groups excluding carboxylic acids is 1. The third-order valence-electron chi connectivity index (χ3n) is 10.3. The maximum absolute atomic E-state index is 12.3. The second-order valence-corrected chi connectivity index (χ2v) is 16.1. The van der Waals surface area contributed by atoms with E-state index in [1.807, 2.05) is 0 Å². The Balaban J connectivity index is 3.51. The van der Waals surface area contributed by atoms with Crippen LogP contribution in [0, 0.1) is 0 Å². The zero-order valence-electron chi connectivity index (χ0n) is 39.6. The second-order valence-electron chi connectivity index (χ2n) is 16.1. The summed E-state index contributed by atoms with van der Waals surface area (Å²) in [5.74, 6) is -0.229. The van der Waals surface area contributed by atoms with Crippen LogP contribution in [0.15, 0.2) is 122 Å². The summed E-state index contributed by atoms with van der Waals surface area (Å²) in [4.78, 5) is 12.3. The molecule has 0 saturated carbocycles. The van der Waals surface area contributed by atoms with E-state index in [1.54, 1.807) is 0 Å². The minimum absolute atomic E-state index is 0.190. The van der Waals surface area contributed by atoms with Crippen LogP contribution >= 0.6 is 0 Å². The van der Waals surface area contributed by atoms with E-state index in [1.165, 1.54) is 83.5 Å². The van der Waals surface area contributed by atoms with E-state index in [-0.39, 0.29) is 19.2 Å². The van der Waals surface area contributed by atoms with Crippen LogP contribution in [0.1, 0.15) is 206 Å². The molecule has 0 amide bonds. The van der Waals surface area contributed by atoms with Crippen molar-refractivity contribution < 1.29 is 19.4 Å². The standard InChI is InChI=1S/C57H94O4/c1-3-5-7-9-11-13-15-17-19-21-23-25-27-28-29-31-33-35-37-39-41-43-45-47-49-51-53-60-55-56(54-58)61-57(59)52-50-48-46-44-42-40-38-36-34-32-30-26-24-22-20-18-16-14-12-10-8-6-4-2/h5-8,11-14,17-20,23-26,32,34,38,40,56,58H,3-4,9-10,15-16,21-22,27-31,33,35-37,39,41-55H2,1-2H3/b7-5-,8-6-,13-11-,14-12-,19-17-,20-18-,25-23-,26-24-,34-32-,40-38-. The molecule has 4 nitrogen and oxygen atoms in total. The van der Waals surface area contributed by atoms with Gasteiger partial charge in [0, 0.05) is 13.0 Å². The van der Waals surface area contributed by atoms with Gasteiger partial charge in [-0.3, -0.25) is 4.79 Å². The van der Waals surface area contributed by atoms with E-state index >= 15 is 0 Å². The van der Waals surface area contributed by atoms with Gasteiger partial charge in [0.2, 0.25) is 0 Å². The number of aliphatic hydroxyl groups excluding tert-OH is 1. The van der Waals surface area contributed by atoms with E-state index in [0.717, 1.165) is 103 Å². The fraction of sp³-hybridized carbons (Fsp3) is 0.632. The molecule has 0 aromatic heterocycles. The molecule has 61 heavy (non-hydrogen) atoms. The molecule has 0 spiro atoms. The molecule has 4 heteroatoms.